The number of carbonyl (C=O) groups is 2. The normalized spacial score (nSPS) is 23.0. The molecule has 0 aliphatic carbocycles. The molecule has 150 valence electrons. The number of piperidine rings is 1. The van der Waals surface area contributed by atoms with E-state index in [-0.39, 0.29) is 23.7 Å². The number of ether oxygens (including phenoxy) is 1. The third kappa shape index (κ3) is 4.18. The van der Waals surface area contributed by atoms with E-state index in [2.05, 4.69) is 20.6 Å². The van der Waals surface area contributed by atoms with Gasteiger partial charge in [0.05, 0.1) is 36.1 Å². The third-order valence-electron chi connectivity index (χ3n) is 5.52. The van der Waals surface area contributed by atoms with Crippen LogP contribution < -0.4 is 10.6 Å². The zero-order chi connectivity index (χ0) is 19.5. The number of nitrogens with zero attached hydrogens (tertiary/aromatic N) is 2. The Labute approximate surface area is 164 Å². The number of hydrogen-bond donors (Lipinski definition) is 3. The highest BCUT2D eigenvalue weighted by atomic mass is 16.5. The predicted octanol–water partition coefficient (Wildman–Crippen LogP) is 0.572. The Morgan fingerprint density at radius 3 is 2.86 bits per heavy atom. The summed E-state index contributed by atoms with van der Waals surface area (Å²) in [6.45, 7) is 6.10. The Hall–Kier alpha value is -2.45. The molecule has 28 heavy (non-hydrogen) atoms. The van der Waals surface area contributed by atoms with Gasteiger partial charge in [0.15, 0.2) is 0 Å². The van der Waals surface area contributed by atoms with Crippen molar-refractivity contribution in [3.63, 3.8) is 0 Å². The molecule has 2 aliphatic rings. The lowest BCUT2D eigenvalue weighted by molar-refractivity contribution is -0.141. The number of nitrogens with one attached hydrogen (secondary N) is 3. The largest absolute Gasteiger partial charge is 0.378 e. The van der Waals surface area contributed by atoms with Crippen LogP contribution in [0.2, 0.25) is 0 Å². The summed E-state index contributed by atoms with van der Waals surface area (Å²) in [6, 6.07) is 5.95. The van der Waals surface area contributed by atoms with Crippen molar-refractivity contribution in [3.05, 3.63) is 29.6 Å². The molecular weight excluding hydrogens is 358 g/mol. The number of H-pyrrole nitrogens is 1. The molecule has 2 unspecified atom stereocenters. The van der Waals surface area contributed by atoms with Gasteiger partial charge in [-0.05, 0) is 31.0 Å². The molecule has 3 N–H and O–H groups in total. The second-order valence-electron chi connectivity index (χ2n) is 7.62. The van der Waals surface area contributed by atoms with Gasteiger partial charge in [0.2, 0.25) is 11.8 Å². The molecule has 3 heterocycles. The summed E-state index contributed by atoms with van der Waals surface area (Å²) in [6.07, 6.45) is 0.591. The number of amides is 2. The number of aryl methyl sites for hydroxylation is 1. The average molecular weight is 385 g/mol. The van der Waals surface area contributed by atoms with Crippen molar-refractivity contribution < 1.29 is 14.3 Å². The van der Waals surface area contributed by atoms with Crippen LogP contribution in [0.3, 0.4) is 0 Å². The first-order valence-electron chi connectivity index (χ1n) is 9.90. The number of hydrogen-bond acceptors (Lipinski definition) is 5. The van der Waals surface area contributed by atoms with Gasteiger partial charge in [-0.1, -0.05) is 6.07 Å². The minimum absolute atomic E-state index is 0.00661. The standard InChI is InChI=1S/C20H27N5O3/c1-13-23-17-3-2-14(8-18(17)24-13)10-22-19(26)15-9-16(12-21-11-15)20(27)25-4-6-28-7-5-25/h2-3,8,15-16,21H,4-7,9-12H2,1H3,(H,22,26)(H,23,24). The molecule has 0 saturated carbocycles. The summed E-state index contributed by atoms with van der Waals surface area (Å²) in [5.41, 5.74) is 2.92. The Bertz CT molecular complexity index is 859. The topological polar surface area (TPSA) is 99.3 Å². The van der Waals surface area contributed by atoms with E-state index in [0.29, 0.717) is 52.4 Å². The molecule has 8 heteroatoms. The zero-order valence-corrected chi connectivity index (χ0v) is 16.2. The minimum atomic E-state index is -0.193. The van der Waals surface area contributed by atoms with E-state index < -0.39 is 0 Å². The maximum Gasteiger partial charge on any atom is 0.227 e. The molecule has 4 rings (SSSR count). The number of fused-ring (bicyclic) bond motifs is 1. The molecule has 2 aromatic rings. The molecule has 0 bridgehead atoms. The van der Waals surface area contributed by atoms with Crippen molar-refractivity contribution in [2.24, 2.45) is 11.8 Å². The highest BCUT2D eigenvalue weighted by Crippen LogP contribution is 2.20. The lowest BCUT2D eigenvalue weighted by Crippen LogP contribution is -2.51. The van der Waals surface area contributed by atoms with Crippen LogP contribution in [0.25, 0.3) is 11.0 Å². The fourth-order valence-electron chi connectivity index (χ4n) is 4.00. The van der Waals surface area contributed by atoms with Gasteiger partial charge in [0.1, 0.15) is 5.82 Å². The van der Waals surface area contributed by atoms with Gasteiger partial charge in [-0.2, -0.15) is 0 Å². The monoisotopic (exact) mass is 385 g/mol. The Morgan fingerprint density at radius 2 is 2.04 bits per heavy atom. The van der Waals surface area contributed by atoms with E-state index in [0.717, 1.165) is 22.4 Å². The number of benzene rings is 1. The number of aromatic amines is 1. The highest BCUT2D eigenvalue weighted by Gasteiger charge is 2.33. The van der Waals surface area contributed by atoms with E-state index in [4.69, 9.17) is 4.74 Å². The second kappa shape index (κ2) is 8.28. The van der Waals surface area contributed by atoms with Crippen LogP contribution in [0.4, 0.5) is 0 Å². The minimum Gasteiger partial charge on any atom is -0.378 e. The lowest BCUT2D eigenvalue weighted by atomic mass is 9.88. The molecule has 2 atom stereocenters. The van der Waals surface area contributed by atoms with Crippen LogP contribution >= 0.6 is 0 Å². The predicted molar refractivity (Wildman–Crippen MR) is 105 cm³/mol. The van der Waals surface area contributed by atoms with Gasteiger partial charge in [0.25, 0.3) is 0 Å². The SMILES string of the molecule is Cc1nc2ccc(CNC(=O)C3CNCC(C(=O)N4CCOCC4)C3)cc2[nH]1. The maximum atomic E-state index is 12.7. The molecular formula is C20H27N5O3. The smallest absolute Gasteiger partial charge is 0.227 e. The van der Waals surface area contributed by atoms with Crippen LogP contribution in [0.15, 0.2) is 18.2 Å². The second-order valence-corrected chi connectivity index (χ2v) is 7.62. The van der Waals surface area contributed by atoms with Crippen LogP contribution in [0, 0.1) is 18.8 Å². The molecule has 0 radical (unpaired) electrons. The van der Waals surface area contributed by atoms with Crippen LogP contribution in [-0.4, -0.2) is 66.1 Å². The molecule has 2 saturated heterocycles. The molecule has 1 aromatic carbocycles. The molecule has 2 amide bonds. The van der Waals surface area contributed by atoms with Crippen molar-refractivity contribution in [1.82, 2.24) is 25.5 Å². The Morgan fingerprint density at radius 1 is 1.25 bits per heavy atom. The van der Waals surface area contributed by atoms with E-state index in [1.54, 1.807) is 0 Å². The van der Waals surface area contributed by atoms with Gasteiger partial charge < -0.3 is 25.3 Å². The van der Waals surface area contributed by atoms with Crippen molar-refractivity contribution in [2.75, 3.05) is 39.4 Å². The number of rotatable bonds is 4. The molecule has 2 fully saturated rings. The first-order chi connectivity index (χ1) is 13.6. The van der Waals surface area contributed by atoms with Gasteiger partial charge in [-0.25, -0.2) is 4.98 Å². The summed E-state index contributed by atoms with van der Waals surface area (Å²) >= 11 is 0. The maximum absolute atomic E-state index is 12.7. The molecule has 1 aromatic heterocycles. The summed E-state index contributed by atoms with van der Waals surface area (Å²) < 4.78 is 5.32. The highest BCUT2D eigenvalue weighted by molar-refractivity contribution is 5.83. The van der Waals surface area contributed by atoms with Crippen molar-refractivity contribution in [1.29, 1.82) is 0 Å². The van der Waals surface area contributed by atoms with Gasteiger partial charge in [-0.15, -0.1) is 0 Å². The lowest BCUT2D eigenvalue weighted by Gasteiger charge is -2.34. The summed E-state index contributed by atoms with van der Waals surface area (Å²) in [7, 11) is 0. The van der Waals surface area contributed by atoms with Crippen LogP contribution in [0.5, 0.6) is 0 Å². The number of carbonyl (C=O) groups excluding carboxylic acids is 2. The van der Waals surface area contributed by atoms with Gasteiger partial charge in [0, 0.05) is 32.7 Å². The van der Waals surface area contributed by atoms with Gasteiger partial charge >= 0.3 is 0 Å². The fraction of sp³-hybridized carbons (Fsp3) is 0.550. The summed E-state index contributed by atoms with van der Waals surface area (Å²) in [4.78, 5) is 34.8. The third-order valence-corrected chi connectivity index (χ3v) is 5.52. The number of aromatic nitrogens is 2. The van der Waals surface area contributed by atoms with E-state index >= 15 is 0 Å². The molecule has 8 nitrogen and oxygen atoms in total. The first kappa shape index (κ1) is 18.9. The molecule has 0 spiro atoms. The summed E-state index contributed by atoms with van der Waals surface area (Å²) in [5, 5.41) is 6.28. The van der Waals surface area contributed by atoms with E-state index in [1.165, 1.54) is 0 Å². The fourth-order valence-corrected chi connectivity index (χ4v) is 4.00. The summed E-state index contributed by atoms with van der Waals surface area (Å²) in [5.74, 6) is 0.662. The quantitative estimate of drug-likeness (QED) is 0.715. The number of imidazole rings is 1. The van der Waals surface area contributed by atoms with Crippen molar-refractivity contribution in [2.45, 2.75) is 19.9 Å². The van der Waals surface area contributed by atoms with Crippen LogP contribution in [0.1, 0.15) is 17.8 Å². The molecule has 2 aliphatic heterocycles. The number of morpholine rings is 1. The van der Waals surface area contributed by atoms with Crippen LogP contribution in [-0.2, 0) is 20.9 Å². The Kier molecular flexibility index (Phi) is 5.59. The van der Waals surface area contributed by atoms with Crippen molar-refractivity contribution >= 4 is 22.8 Å². The van der Waals surface area contributed by atoms with Gasteiger partial charge in [-0.3, -0.25) is 9.59 Å². The van der Waals surface area contributed by atoms with E-state index in [9.17, 15) is 9.59 Å². The average Bonchev–Trinajstić information content (AvgIpc) is 3.11. The van der Waals surface area contributed by atoms with E-state index in [1.807, 2.05) is 30.0 Å². The first-order valence-corrected chi connectivity index (χ1v) is 9.90. The zero-order valence-electron chi connectivity index (χ0n) is 16.2. The van der Waals surface area contributed by atoms with Crippen molar-refractivity contribution in [3.8, 4) is 0 Å². The Balaban J connectivity index is 1.32.